The van der Waals surface area contributed by atoms with Crippen LogP contribution in [0.15, 0.2) is 59.5 Å². The smallest absolute Gasteiger partial charge is 0.240 e. The Hall–Kier alpha value is -2.18. The topological polar surface area (TPSA) is 66.5 Å². The van der Waals surface area contributed by atoms with Crippen molar-refractivity contribution in [3.63, 3.8) is 0 Å². The van der Waals surface area contributed by atoms with Crippen molar-refractivity contribution in [1.82, 2.24) is 4.72 Å². The number of hydrogen-bond donors (Lipinski definition) is 1. The minimum atomic E-state index is -3.42. The van der Waals surface area contributed by atoms with Crippen LogP contribution in [-0.2, 0) is 21.2 Å². The van der Waals surface area contributed by atoms with Crippen molar-refractivity contribution < 1.29 is 13.2 Å². The molecule has 1 N–H and O–H groups in total. The average Bonchev–Trinajstić information content (AvgIpc) is 3.43. The number of amides is 1. The Bertz CT molecular complexity index is 829. The molecule has 25 heavy (non-hydrogen) atoms. The summed E-state index contributed by atoms with van der Waals surface area (Å²) in [5.74, 6) is 0.0262. The highest BCUT2D eigenvalue weighted by Crippen LogP contribution is 2.22. The van der Waals surface area contributed by atoms with Crippen molar-refractivity contribution in [2.45, 2.75) is 36.6 Å². The summed E-state index contributed by atoms with van der Waals surface area (Å²) in [6.45, 7) is 0. The number of nitrogens with zero attached hydrogens (tertiary/aromatic N) is 1. The van der Waals surface area contributed by atoms with Crippen molar-refractivity contribution in [2.24, 2.45) is 0 Å². The molecular weight excluding hydrogens is 336 g/mol. The number of carbonyl (C=O) groups excluding carboxylic acids is 1. The Balaban J connectivity index is 1.57. The molecule has 132 valence electrons. The summed E-state index contributed by atoms with van der Waals surface area (Å²) in [6, 6.07) is 16.3. The molecule has 0 atom stereocenters. The number of sulfonamides is 1. The third-order valence-electron chi connectivity index (χ3n) is 4.28. The van der Waals surface area contributed by atoms with E-state index >= 15 is 0 Å². The first kappa shape index (κ1) is 17.6. The van der Waals surface area contributed by atoms with Gasteiger partial charge in [0.1, 0.15) is 0 Å². The molecule has 1 amide bonds. The summed E-state index contributed by atoms with van der Waals surface area (Å²) in [4.78, 5) is 14.2. The Labute approximate surface area is 148 Å². The third kappa shape index (κ3) is 4.67. The maximum atomic E-state index is 12.3. The number of para-hydroxylation sites is 1. The maximum absolute atomic E-state index is 12.3. The zero-order valence-corrected chi connectivity index (χ0v) is 15.0. The number of rotatable bonds is 7. The number of anilines is 1. The summed E-state index contributed by atoms with van der Waals surface area (Å²) < 4.78 is 26.9. The molecule has 0 aliphatic heterocycles. The molecule has 1 aliphatic rings. The molecule has 0 unspecified atom stereocenters. The molecule has 0 aromatic heterocycles. The standard InChI is InChI=1S/C19H22N2O3S/c1-21(17-5-3-2-4-6-17)19(22)14-9-15-7-12-18(13-8-15)25(23,24)20-16-10-11-16/h2-8,12-13,16,20H,9-11,14H2,1H3. The molecule has 3 rings (SSSR count). The fourth-order valence-corrected chi connectivity index (χ4v) is 3.84. The summed E-state index contributed by atoms with van der Waals surface area (Å²) in [5.41, 5.74) is 1.81. The highest BCUT2D eigenvalue weighted by Gasteiger charge is 2.27. The second kappa shape index (κ2) is 7.37. The molecule has 0 spiro atoms. The largest absolute Gasteiger partial charge is 0.315 e. The molecule has 6 heteroatoms. The summed E-state index contributed by atoms with van der Waals surface area (Å²) in [7, 11) is -1.66. The predicted octanol–water partition coefficient (Wildman–Crippen LogP) is 2.72. The minimum absolute atomic E-state index is 0.0262. The molecule has 2 aromatic rings. The number of benzene rings is 2. The van der Waals surface area contributed by atoms with Crippen molar-refractivity contribution in [1.29, 1.82) is 0 Å². The highest BCUT2D eigenvalue weighted by molar-refractivity contribution is 7.89. The monoisotopic (exact) mass is 358 g/mol. The van der Waals surface area contributed by atoms with Gasteiger partial charge in [0.15, 0.2) is 0 Å². The zero-order chi connectivity index (χ0) is 17.9. The summed E-state index contributed by atoms with van der Waals surface area (Å²) in [5, 5.41) is 0. The van der Waals surface area contributed by atoms with E-state index < -0.39 is 10.0 Å². The number of aryl methyl sites for hydroxylation is 1. The molecule has 1 saturated carbocycles. The van der Waals surface area contributed by atoms with E-state index in [4.69, 9.17) is 0 Å². The van der Waals surface area contributed by atoms with Gasteiger partial charge >= 0.3 is 0 Å². The SMILES string of the molecule is CN(C(=O)CCc1ccc(S(=O)(=O)NC2CC2)cc1)c1ccccc1. The first-order chi connectivity index (χ1) is 12.0. The van der Waals surface area contributed by atoms with Gasteiger partial charge in [0.25, 0.3) is 0 Å². The van der Waals surface area contributed by atoms with Crippen LogP contribution >= 0.6 is 0 Å². The van der Waals surface area contributed by atoms with E-state index in [9.17, 15) is 13.2 Å². The van der Waals surface area contributed by atoms with Gasteiger partial charge in [-0.05, 0) is 49.1 Å². The second-order valence-electron chi connectivity index (χ2n) is 6.33. The molecule has 2 aromatic carbocycles. The lowest BCUT2D eigenvalue weighted by Gasteiger charge is -2.17. The molecule has 0 saturated heterocycles. The van der Waals surface area contributed by atoms with Crippen LogP contribution in [0.5, 0.6) is 0 Å². The van der Waals surface area contributed by atoms with Crippen LogP contribution in [-0.4, -0.2) is 27.4 Å². The Morgan fingerprint density at radius 3 is 2.32 bits per heavy atom. The van der Waals surface area contributed by atoms with Crippen molar-refractivity contribution >= 4 is 21.6 Å². The van der Waals surface area contributed by atoms with Gasteiger partial charge in [-0.2, -0.15) is 0 Å². The fraction of sp³-hybridized carbons (Fsp3) is 0.316. The van der Waals surface area contributed by atoms with Crippen LogP contribution in [0.4, 0.5) is 5.69 Å². The van der Waals surface area contributed by atoms with E-state index in [0.29, 0.717) is 12.8 Å². The second-order valence-corrected chi connectivity index (χ2v) is 8.04. The van der Waals surface area contributed by atoms with Crippen molar-refractivity contribution in [3.8, 4) is 0 Å². The van der Waals surface area contributed by atoms with Gasteiger partial charge < -0.3 is 4.90 Å². The van der Waals surface area contributed by atoms with E-state index in [0.717, 1.165) is 24.1 Å². The zero-order valence-electron chi connectivity index (χ0n) is 14.2. The molecule has 0 radical (unpaired) electrons. The number of hydrogen-bond acceptors (Lipinski definition) is 3. The quantitative estimate of drug-likeness (QED) is 0.828. The van der Waals surface area contributed by atoms with Gasteiger partial charge in [0, 0.05) is 25.2 Å². The first-order valence-corrected chi connectivity index (χ1v) is 9.87. The molecular formula is C19H22N2O3S. The normalized spacial score (nSPS) is 14.3. The number of nitrogens with one attached hydrogen (secondary N) is 1. The average molecular weight is 358 g/mol. The molecule has 1 fully saturated rings. The van der Waals surface area contributed by atoms with Gasteiger partial charge in [-0.15, -0.1) is 0 Å². The van der Waals surface area contributed by atoms with Crippen LogP contribution in [0.3, 0.4) is 0 Å². The molecule has 1 aliphatic carbocycles. The molecule has 0 heterocycles. The van der Waals surface area contributed by atoms with Gasteiger partial charge in [-0.25, -0.2) is 13.1 Å². The first-order valence-electron chi connectivity index (χ1n) is 8.38. The lowest BCUT2D eigenvalue weighted by atomic mass is 10.1. The van der Waals surface area contributed by atoms with Gasteiger partial charge in [-0.1, -0.05) is 30.3 Å². The predicted molar refractivity (Wildman–Crippen MR) is 98.0 cm³/mol. The Kier molecular flexibility index (Phi) is 5.20. The lowest BCUT2D eigenvalue weighted by Crippen LogP contribution is -2.26. The Morgan fingerprint density at radius 2 is 1.72 bits per heavy atom. The van der Waals surface area contributed by atoms with Gasteiger partial charge in [0.2, 0.25) is 15.9 Å². The van der Waals surface area contributed by atoms with Crippen molar-refractivity contribution in [2.75, 3.05) is 11.9 Å². The summed E-state index contributed by atoms with van der Waals surface area (Å²) >= 11 is 0. The van der Waals surface area contributed by atoms with Gasteiger partial charge in [-0.3, -0.25) is 4.79 Å². The van der Waals surface area contributed by atoms with Crippen LogP contribution in [0.1, 0.15) is 24.8 Å². The van der Waals surface area contributed by atoms with Crippen molar-refractivity contribution in [3.05, 3.63) is 60.2 Å². The van der Waals surface area contributed by atoms with E-state index in [1.54, 1.807) is 36.2 Å². The third-order valence-corrected chi connectivity index (χ3v) is 5.81. The molecule has 5 nitrogen and oxygen atoms in total. The number of carbonyl (C=O) groups is 1. The van der Waals surface area contributed by atoms with E-state index in [1.807, 2.05) is 30.3 Å². The minimum Gasteiger partial charge on any atom is -0.315 e. The van der Waals surface area contributed by atoms with E-state index in [2.05, 4.69) is 4.72 Å². The molecule has 0 bridgehead atoms. The Morgan fingerprint density at radius 1 is 1.08 bits per heavy atom. The van der Waals surface area contributed by atoms with Gasteiger partial charge in [0.05, 0.1) is 4.90 Å². The lowest BCUT2D eigenvalue weighted by molar-refractivity contribution is -0.118. The van der Waals surface area contributed by atoms with E-state index in [1.165, 1.54) is 0 Å². The summed E-state index contributed by atoms with van der Waals surface area (Å²) in [6.07, 6.45) is 2.77. The maximum Gasteiger partial charge on any atom is 0.240 e. The van der Waals surface area contributed by atoms with Crippen LogP contribution in [0.25, 0.3) is 0 Å². The van der Waals surface area contributed by atoms with Crippen LogP contribution in [0, 0.1) is 0 Å². The fourth-order valence-electron chi connectivity index (χ4n) is 2.54. The highest BCUT2D eigenvalue weighted by atomic mass is 32.2. The van der Waals surface area contributed by atoms with E-state index in [-0.39, 0.29) is 16.8 Å². The van der Waals surface area contributed by atoms with Crippen LogP contribution < -0.4 is 9.62 Å². The van der Waals surface area contributed by atoms with Crippen LogP contribution in [0.2, 0.25) is 0 Å².